The van der Waals surface area contributed by atoms with Crippen molar-refractivity contribution in [2.75, 3.05) is 0 Å². The first kappa shape index (κ1) is 46.0. The van der Waals surface area contributed by atoms with Crippen molar-refractivity contribution in [1.82, 2.24) is 0 Å². The van der Waals surface area contributed by atoms with Gasteiger partial charge in [-0.05, 0) is 0 Å². The van der Waals surface area contributed by atoms with Gasteiger partial charge in [0, 0.05) is 0 Å². The van der Waals surface area contributed by atoms with Gasteiger partial charge in [0.25, 0.3) is 0 Å². The molecule has 1 heterocycles. The molecule has 1 rings (SSSR count). The van der Waals surface area contributed by atoms with Crippen molar-refractivity contribution in [3.8, 4) is 0 Å². The zero-order valence-electron chi connectivity index (χ0n) is 34.1. The Balaban J connectivity index is 5.10. The molecule has 0 spiro atoms. The molecule has 46 heavy (non-hydrogen) atoms. The summed E-state index contributed by atoms with van der Waals surface area (Å²) in [4.78, 5) is 0. The van der Waals surface area contributed by atoms with E-state index in [9.17, 15) is 0 Å². The topological polar surface area (TPSA) is 36.9 Å². The van der Waals surface area contributed by atoms with Crippen LogP contribution in [0.5, 0.6) is 0 Å². The van der Waals surface area contributed by atoms with Crippen LogP contribution in [0.25, 0.3) is 0 Å². The molecule has 0 amide bonds. The van der Waals surface area contributed by atoms with Crippen LogP contribution in [0, 0.1) is 0 Å². The summed E-state index contributed by atoms with van der Waals surface area (Å²) in [6.07, 6.45) is 0. The molecule has 0 aromatic carbocycles. The van der Waals surface area contributed by atoms with Crippen LogP contribution in [0.2, 0.25) is 33.9 Å². The van der Waals surface area contributed by atoms with Gasteiger partial charge in [0.15, 0.2) is 0 Å². The first-order valence-corrected chi connectivity index (χ1v) is 36.4. The molecular weight excluding hydrogens is 874 g/mol. The average molecular weight is 947 g/mol. The van der Waals surface area contributed by atoms with Crippen LogP contribution >= 0.6 is 0 Å². The second kappa shape index (κ2) is 12.3. The van der Waals surface area contributed by atoms with Crippen LogP contribution < -0.4 is 0 Å². The van der Waals surface area contributed by atoms with Crippen LogP contribution in [0.15, 0.2) is 0 Å². The summed E-state index contributed by atoms with van der Waals surface area (Å²) in [6, 6.07) is 0. The summed E-state index contributed by atoms with van der Waals surface area (Å²) in [5, 5.41) is -5.31. The van der Waals surface area contributed by atoms with E-state index in [2.05, 4.69) is 0 Å². The predicted octanol–water partition coefficient (Wildman–Crippen LogP) is 13.2. The number of hydrogen-bond acceptors (Lipinski definition) is 4. The molecule has 1 fully saturated rings. The monoisotopic (exact) mass is 948 g/mol. The Morgan fingerprint density at radius 3 is 0.457 bits per heavy atom. The molecule has 0 saturated carbocycles. The van der Waals surface area contributed by atoms with Crippen LogP contribution in [0.3, 0.4) is 0 Å². The van der Waals surface area contributed by atoms with Crippen molar-refractivity contribution in [3.63, 3.8) is 0 Å². The van der Waals surface area contributed by atoms with Gasteiger partial charge in [-0.15, -0.1) is 0 Å². The van der Waals surface area contributed by atoms with Gasteiger partial charge in [-0.1, -0.05) is 0 Å². The van der Waals surface area contributed by atoms with Gasteiger partial charge >= 0.3 is 299 Å². The fraction of sp³-hybridized carbons (Fsp3) is 1.00. The molecule has 14 heteroatoms. The second-order valence-electron chi connectivity index (χ2n) is 22.0. The fourth-order valence-electron chi connectivity index (χ4n) is 7.11. The minimum absolute atomic E-state index is 0.924. The normalized spacial score (nSPS) is 33.1. The van der Waals surface area contributed by atoms with Gasteiger partial charge in [0.05, 0.1) is 0 Å². The number of halogens is 4. The Morgan fingerprint density at radius 2 is 0.391 bits per heavy atom. The molecule has 0 aromatic rings. The quantitative estimate of drug-likeness (QED) is 0.138. The molecule has 0 radical (unpaired) electrons. The van der Waals surface area contributed by atoms with E-state index in [0.29, 0.717) is 0 Å². The zero-order chi connectivity index (χ0) is 37.8. The Morgan fingerprint density at radius 1 is 0.283 bits per heavy atom. The predicted molar refractivity (Wildman–Crippen MR) is 201 cm³/mol. The maximum absolute atomic E-state index is 19.3. The Kier molecular flexibility index (Phi) is 12.3. The van der Waals surface area contributed by atoms with E-state index < -0.39 is 105 Å². The third kappa shape index (κ3) is 6.93. The maximum atomic E-state index is 19.3. The van der Waals surface area contributed by atoms with Crippen molar-refractivity contribution >= 4 is 71.1 Å². The van der Waals surface area contributed by atoms with E-state index in [-0.39, 0.29) is 0 Å². The molecule has 1 saturated heterocycles. The van der Waals surface area contributed by atoms with E-state index in [1.165, 1.54) is 0 Å². The summed E-state index contributed by atoms with van der Waals surface area (Å²) in [5.41, 5.74) is 0. The Bertz CT molecular complexity index is 949. The van der Waals surface area contributed by atoms with Crippen LogP contribution in [0.1, 0.15) is 166 Å². The second-order valence-corrected chi connectivity index (χ2v) is 72.5. The van der Waals surface area contributed by atoms with E-state index in [1.54, 1.807) is 83.1 Å². The molecule has 0 bridgehead atoms. The molecular formula is C32H72F4O4Si4Sn2. The Labute approximate surface area is 296 Å². The van der Waals surface area contributed by atoms with Crippen molar-refractivity contribution in [3.05, 3.63) is 0 Å². The van der Waals surface area contributed by atoms with Crippen molar-refractivity contribution in [2.45, 2.75) is 200 Å². The van der Waals surface area contributed by atoms with E-state index >= 15 is 16.4 Å². The summed E-state index contributed by atoms with van der Waals surface area (Å²) in [5.74, 6) is 0. The SMILES string of the molecule is CC(C)(C)[Si]1(F)[O][Sn]([C](C)(C)C)([C](C)(C)C)[O][Si](F)(C(C)(C)C)[Si](F)(C(C)(C)C)[O][Sn]([C](C)(C)C)([C](C)(C)C)[O][Si]1(F)C(C)(C)C. The molecule has 0 aromatic heterocycles. The van der Waals surface area contributed by atoms with Gasteiger partial charge in [-0.3, -0.25) is 0 Å². The van der Waals surface area contributed by atoms with E-state index in [1.807, 2.05) is 83.1 Å². The average Bonchev–Trinajstić information content (AvgIpc) is 2.70. The molecule has 1 aliphatic rings. The summed E-state index contributed by atoms with van der Waals surface area (Å²) < 4.78 is 102. The summed E-state index contributed by atoms with van der Waals surface area (Å²) in [6.45, 7) is 42.7. The third-order valence-corrected chi connectivity index (χ3v) is 85.6. The molecule has 4 nitrogen and oxygen atoms in total. The first-order chi connectivity index (χ1) is 19.3. The summed E-state index contributed by atoms with van der Waals surface area (Å²) >= 11 is -11.0. The number of hydrogen-bond donors (Lipinski definition) is 0. The van der Waals surface area contributed by atoms with Gasteiger partial charge in [0.2, 0.25) is 0 Å². The zero-order valence-corrected chi connectivity index (χ0v) is 43.9. The standard InChI is InChI=1S/2C8H18F2O2Si2.4C4H9.2Sn/c2*1-7(2,3)13(9,11)14(10,12)8(4,5)6;4*1-4(2)3;;/h2*1-6H3;4*1-3H3;;/q2*-2;;;;;2*+2. The Hall–Kier alpha value is 2.02. The molecule has 276 valence electrons. The minimum atomic E-state index is -5.52. The fourth-order valence-corrected chi connectivity index (χ4v) is 115. The first-order valence-electron chi connectivity index (χ1n) is 16.9. The van der Waals surface area contributed by atoms with Crippen LogP contribution in [-0.2, 0) is 11.1 Å². The number of rotatable bonds is 0. The molecule has 0 N–H and O–H groups in total. The van der Waals surface area contributed by atoms with Crippen LogP contribution in [-0.4, -0.2) is 71.1 Å². The van der Waals surface area contributed by atoms with Gasteiger partial charge < -0.3 is 0 Å². The van der Waals surface area contributed by atoms with Crippen molar-refractivity contribution < 1.29 is 27.5 Å². The van der Waals surface area contributed by atoms with E-state index in [4.69, 9.17) is 11.1 Å². The third-order valence-electron chi connectivity index (χ3n) is 9.77. The molecule has 4 atom stereocenters. The van der Waals surface area contributed by atoms with Gasteiger partial charge in [-0.2, -0.15) is 0 Å². The van der Waals surface area contributed by atoms with Crippen molar-refractivity contribution in [2.24, 2.45) is 0 Å². The van der Waals surface area contributed by atoms with Crippen molar-refractivity contribution in [1.29, 1.82) is 0 Å². The molecule has 1 aliphatic heterocycles. The molecule has 0 aliphatic carbocycles. The molecule has 4 unspecified atom stereocenters. The van der Waals surface area contributed by atoms with E-state index in [0.717, 1.165) is 0 Å². The van der Waals surface area contributed by atoms with Gasteiger partial charge in [-0.25, -0.2) is 0 Å². The van der Waals surface area contributed by atoms with Crippen LogP contribution in [0.4, 0.5) is 16.4 Å². The van der Waals surface area contributed by atoms with Gasteiger partial charge in [0.1, 0.15) is 0 Å². The summed E-state index contributed by atoms with van der Waals surface area (Å²) in [7, 11) is -21.0.